The number of hydrogen-bond acceptors (Lipinski definition) is 1. The minimum absolute atomic E-state index is 0.532. The van der Waals surface area contributed by atoms with Crippen molar-refractivity contribution in [3.8, 4) is 0 Å². The van der Waals surface area contributed by atoms with Gasteiger partial charge in [0.15, 0.2) is 0 Å². The van der Waals surface area contributed by atoms with Gasteiger partial charge in [-0.2, -0.15) is 0 Å². The first-order valence-corrected chi connectivity index (χ1v) is 5.45. The first-order chi connectivity index (χ1) is 6.55. The molecule has 76 valence electrons. The zero-order valence-corrected chi connectivity index (χ0v) is 9.43. The summed E-state index contributed by atoms with van der Waals surface area (Å²) in [6.07, 6.45) is 2.52. The van der Waals surface area contributed by atoms with E-state index < -0.39 is 0 Å². The zero-order valence-electron chi connectivity index (χ0n) is 8.68. The van der Waals surface area contributed by atoms with E-state index in [1.54, 1.807) is 0 Å². The molecule has 0 bridgehead atoms. The Morgan fingerprint density at radius 1 is 1.21 bits per heavy atom. The first kappa shape index (κ1) is 9.85. The molecule has 1 aliphatic rings. The molecule has 0 spiro atoms. The van der Waals surface area contributed by atoms with Gasteiger partial charge < -0.3 is 5.32 Å². The molecule has 1 N–H and O–H groups in total. The van der Waals surface area contributed by atoms with E-state index in [9.17, 15) is 0 Å². The molecule has 0 aromatic heterocycles. The predicted molar refractivity (Wildman–Crippen MR) is 61.9 cm³/mol. The Hall–Kier alpha value is -0.690. The maximum atomic E-state index is 5.81. The fourth-order valence-corrected chi connectivity index (χ4v) is 2.28. The van der Waals surface area contributed by atoms with Gasteiger partial charge in [-0.1, -0.05) is 25.4 Å². The Balaban J connectivity index is 1.90. The maximum absolute atomic E-state index is 5.81. The van der Waals surface area contributed by atoms with Crippen LogP contribution >= 0.6 is 11.6 Å². The highest BCUT2D eigenvalue weighted by molar-refractivity contribution is 6.30. The van der Waals surface area contributed by atoms with Crippen molar-refractivity contribution in [1.82, 2.24) is 0 Å². The monoisotopic (exact) mass is 209 g/mol. The van der Waals surface area contributed by atoms with Gasteiger partial charge in [0.2, 0.25) is 0 Å². The van der Waals surface area contributed by atoms with E-state index in [0.29, 0.717) is 11.5 Å². The summed E-state index contributed by atoms with van der Waals surface area (Å²) in [7, 11) is 0. The number of nitrogens with one attached hydrogen (secondary N) is 1. The van der Waals surface area contributed by atoms with Gasteiger partial charge in [-0.05, 0) is 42.5 Å². The van der Waals surface area contributed by atoms with Crippen LogP contribution in [0.2, 0.25) is 5.02 Å². The van der Waals surface area contributed by atoms with Crippen LogP contribution in [0.1, 0.15) is 26.7 Å². The number of halogens is 1. The molecular formula is C12H16ClN. The maximum Gasteiger partial charge on any atom is 0.0407 e. The van der Waals surface area contributed by atoms with Crippen LogP contribution in [0.4, 0.5) is 5.69 Å². The van der Waals surface area contributed by atoms with Crippen molar-refractivity contribution in [1.29, 1.82) is 0 Å². The molecule has 0 atom stereocenters. The number of benzene rings is 1. The summed E-state index contributed by atoms with van der Waals surface area (Å²) in [6, 6.07) is 8.56. The molecule has 0 unspecified atom stereocenters. The molecule has 2 heteroatoms. The molecule has 1 aromatic carbocycles. The summed E-state index contributed by atoms with van der Waals surface area (Å²) in [5.74, 6) is 0. The molecule has 1 aliphatic carbocycles. The Kier molecular flexibility index (Phi) is 2.44. The van der Waals surface area contributed by atoms with E-state index in [1.165, 1.54) is 18.5 Å². The fourth-order valence-electron chi connectivity index (χ4n) is 2.16. The summed E-state index contributed by atoms with van der Waals surface area (Å²) in [5, 5.41) is 4.30. The lowest BCUT2D eigenvalue weighted by Crippen LogP contribution is -2.41. The third-order valence-electron chi connectivity index (χ3n) is 2.81. The topological polar surface area (TPSA) is 12.0 Å². The van der Waals surface area contributed by atoms with Crippen LogP contribution < -0.4 is 5.32 Å². The van der Waals surface area contributed by atoms with E-state index in [1.807, 2.05) is 24.3 Å². The van der Waals surface area contributed by atoms with Crippen LogP contribution in [-0.2, 0) is 0 Å². The van der Waals surface area contributed by atoms with Crippen molar-refractivity contribution in [2.75, 3.05) is 5.32 Å². The molecule has 1 saturated carbocycles. The molecule has 1 aromatic rings. The minimum Gasteiger partial charge on any atom is -0.382 e. The van der Waals surface area contributed by atoms with Crippen molar-refractivity contribution in [2.24, 2.45) is 5.41 Å². The Morgan fingerprint density at radius 2 is 1.79 bits per heavy atom. The first-order valence-electron chi connectivity index (χ1n) is 5.07. The quantitative estimate of drug-likeness (QED) is 0.778. The van der Waals surface area contributed by atoms with Crippen molar-refractivity contribution < 1.29 is 0 Å². The highest BCUT2D eigenvalue weighted by Crippen LogP contribution is 2.41. The zero-order chi connectivity index (χ0) is 10.2. The Morgan fingerprint density at radius 3 is 2.29 bits per heavy atom. The number of rotatable bonds is 2. The average Bonchev–Trinajstić information content (AvgIpc) is 2.06. The Bertz CT molecular complexity index is 308. The summed E-state index contributed by atoms with van der Waals surface area (Å²) in [6.45, 7) is 4.63. The van der Waals surface area contributed by atoms with Crippen LogP contribution in [-0.4, -0.2) is 6.04 Å². The third-order valence-corrected chi connectivity index (χ3v) is 3.06. The van der Waals surface area contributed by atoms with Gasteiger partial charge in [-0.3, -0.25) is 0 Å². The van der Waals surface area contributed by atoms with Gasteiger partial charge in [-0.25, -0.2) is 0 Å². The molecule has 1 fully saturated rings. The summed E-state index contributed by atoms with van der Waals surface area (Å²) < 4.78 is 0. The lowest BCUT2D eigenvalue weighted by atomic mass is 9.68. The molecule has 0 aliphatic heterocycles. The SMILES string of the molecule is CC1(C)CC(Nc2ccc(Cl)cc2)C1. The van der Waals surface area contributed by atoms with Crippen molar-refractivity contribution >= 4 is 17.3 Å². The van der Waals surface area contributed by atoms with Crippen LogP contribution in [0.15, 0.2) is 24.3 Å². The molecule has 0 heterocycles. The van der Waals surface area contributed by atoms with Crippen molar-refractivity contribution in [2.45, 2.75) is 32.7 Å². The summed E-state index contributed by atoms with van der Waals surface area (Å²) >= 11 is 5.81. The second-order valence-electron chi connectivity index (χ2n) is 4.92. The van der Waals surface area contributed by atoms with Crippen LogP contribution in [0.3, 0.4) is 0 Å². The van der Waals surface area contributed by atoms with Gasteiger partial charge in [-0.15, -0.1) is 0 Å². The summed E-state index contributed by atoms with van der Waals surface area (Å²) in [5.41, 5.74) is 1.71. The van der Waals surface area contributed by atoms with E-state index in [2.05, 4.69) is 19.2 Å². The molecular weight excluding hydrogens is 194 g/mol. The summed E-state index contributed by atoms with van der Waals surface area (Å²) in [4.78, 5) is 0. The van der Waals surface area contributed by atoms with Gasteiger partial charge in [0.25, 0.3) is 0 Å². The van der Waals surface area contributed by atoms with Crippen LogP contribution in [0.5, 0.6) is 0 Å². The molecule has 0 radical (unpaired) electrons. The number of anilines is 1. The highest BCUT2D eigenvalue weighted by atomic mass is 35.5. The smallest absolute Gasteiger partial charge is 0.0407 e. The molecule has 0 amide bonds. The molecule has 0 saturated heterocycles. The lowest BCUT2D eigenvalue weighted by Gasteiger charge is -2.43. The number of hydrogen-bond donors (Lipinski definition) is 1. The highest BCUT2D eigenvalue weighted by Gasteiger charge is 2.35. The second-order valence-corrected chi connectivity index (χ2v) is 5.36. The van der Waals surface area contributed by atoms with Crippen molar-refractivity contribution in [3.63, 3.8) is 0 Å². The van der Waals surface area contributed by atoms with Crippen molar-refractivity contribution in [3.05, 3.63) is 29.3 Å². The van der Waals surface area contributed by atoms with Crippen LogP contribution in [0, 0.1) is 5.41 Å². The van der Waals surface area contributed by atoms with E-state index in [4.69, 9.17) is 11.6 Å². The van der Waals surface area contributed by atoms with Gasteiger partial charge >= 0.3 is 0 Å². The van der Waals surface area contributed by atoms with E-state index in [-0.39, 0.29) is 0 Å². The standard InChI is InChI=1S/C12H16ClN/c1-12(2)7-11(8-12)14-10-5-3-9(13)4-6-10/h3-6,11,14H,7-8H2,1-2H3. The largest absolute Gasteiger partial charge is 0.382 e. The molecule has 1 nitrogen and oxygen atoms in total. The van der Waals surface area contributed by atoms with Gasteiger partial charge in [0.1, 0.15) is 0 Å². The fraction of sp³-hybridized carbons (Fsp3) is 0.500. The average molecular weight is 210 g/mol. The van der Waals surface area contributed by atoms with E-state index in [0.717, 1.165) is 5.02 Å². The lowest BCUT2D eigenvalue weighted by molar-refractivity contribution is 0.167. The van der Waals surface area contributed by atoms with Gasteiger partial charge in [0, 0.05) is 16.8 Å². The second kappa shape index (κ2) is 3.47. The van der Waals surface area contributed by atoms with E-state index >= 15 is 0 Å². The Labute approximate surface area is 90.5 Å². The minimum atomic E-state index is 0.532. The van der Waals surface area contributed by atoms with Gasteiger partial charge in [0.05, 0.1) is 0 Å². The predicted octanol–water partition coefficient (Wildman–Crippen LogP) is 3.94. The van der Waals surface area contributed by atoms with Crippen LogP contribution in [0.25, 0.3) is 0 Å². The third kappa shape index (κ3) is 2.21. The molecule has 2 rings (SSSR count). The normalized spacial score (nSPS) is 20.2. The molecule has 14 heavy (non-hydrogen) atoms.